The van der Waals surface area contributed by atoms with E-state index >= 15 is 0 Å². The molecular weight excluding hydrogens is 445 g/mol. The van der Waals surface area contributed by atoms with Crippen LogP contribution in [0.25, 0.3) is 5.69 Å². The van der Waals surface area contributed by atoms with Crippen molar-refractivity contribution in [3.8, 4) is 5.69 Å². The van der Waals surface area contributed by atoms with Crippen molar-refractivity contribution in [1.29, 1.82) is 0 Å². The van der Waals surface area contributed by atoms with Gasteiger partial charge in [0.05, 0.1) is 22.3 Å². The molecule has 0 bridgehead atoms. The molecule has 0 saturated heterocycles. The van der Waals surface area contributed by atoms with E-state index < -0.39 is 33.4 Å². The third kappa shape index (κ3) is 4.68. The minimum atomic E-state index is -4.85. The summed E-state index contributed by atoms with van der Waals surface area (Å²) in [5, 5.41) is 6.15. The summed E-state index contributed by atoms with van der Waals surface area (Å²) in [7, 11) is -1.08. The molecular formula is C21H21F3N4O3S. The summed E-state index contributed by atoms with van der Waals surface area (Å²) in [6.45, 7) is 1.51. The van der Waals surface area contributed by atoms with Crippen LogP contribution in [0.15, 0.2) is 59.6 Å². The van der Waals surface area contributed by atoms with Gasteiger partial charge >= 0.3 is 6.18 Å². The van der Waals surface area contributed by atoms with Crippen molar-refractivity contribution in [2.24, 2.45) is 0 Å². The Morgan fingerprint density at radius 2 is 1.72 bits per heavy atom. The molecule has 0 radical (unpaired) electrons. The summed E-state index contributed by atoms with van der Waals surface area (Å²) >= 11 is 0. The standard InChI is InChI=1S/C21H21F3N4O3S/c1-14-8-10-16(11-9-14)28-19(21(22,23)24)17(13-26-28)20(29)25-12-15-6-4-5-7-18(15)32(30,31)27(2)3/h4-11,13H,12H2,1-3H3,(H,25,29). The number of nitrogens with one attached hydrogen (secondary N) is 1. The monoisotopic (exact) mass is 466 g/mol. The lowest BCUT2D eigenvalue weighted by molar-refractivity contribution is -0.143. The molecule has 7 nitrogen and oxygen atoms in total. The molecule has 0 fully saturated rings. The minimum absolute atomic E-state index is 0.0447. The first-order valence-electron chi connectivity index (χ1n) is 9.44. The van der Waals surface area contributed by atoms with Crippen molar-refractivity contribution < 1.29 is 26.4 Å². The molecule has 1 aromatic heterocycles. The van der Waals surface area contributed by atoms with Crippen LogP contribution in [-0.2, 0) is 22.7 Å². The number of carbonyl (C=O) groups is 1. The highest BCUT2D eigenvalue weighted by Gasteiger charge is 2.40. The molecule has 0 aliphatic carbocycles. The Bertz CT molecular complexity index is 1230. The van der Waals surface area contributed by atoms with Gasteiger partial charge in [0.2, 0.25) is 10.0 Å². The highest BCUT2D eigenvalue weighted by atomic mass is 32.2. The third-order valence-corrected chi connectivity index (χ3v) is 6.65. The number of benzene rings is 2. The molecule has 1 heterocycles. The minimum Gasteiger partial charge on any atom is -0.348 e. The van der Waals surface area contributed by atoms with Gasteiger partial charge in [0.1, 0.15) is 0 Å². The molecule has 170 valence electrons. The molecule has 1 N–H and O–H groups in total. The zero-order valence-electron chi connectivity index (χ0n) is 17.5. The number of nitrogens with zero attached hydrogens (tertiary/aromatic N) is 3. The van der Waals surface area contributed by atoms with Crippen molar-refractivity contribution in [2.75, 3.05) is 14.1 Å². The van der Waals surface area contributed by atoms with E-state index in [4.69, 9.17) is 0 Å². The van der Waals surface area contributed by atoms with Crippen molar-refractivity contribution in [1.82, 2.24) is 19.4 Å². The van der Waals surface area contributed by atoms with Gasteiger partial charge in [-0.1, -0.05) is 35.9 Å². The number of amides is 1. The molecule has 0 aliphatic rings. The summed E-state index contributed by atoms with van der Waals surface area (Å²) in [5.41, 5.74) is -0.615. The Morgan fingerprint density at radius 3 is 2.31 bits per heavy atom. The van der Waals surface area contributed by atoms with E-state index in [9.17, 15) is 26.4 Å². The molecule has 0 atom stereocenters. The highest BCUT2D eigenvalue weighted by molar-refractivity contribution is 7.89. The molecule has 1 amide bonds. The normalized spacial score (nSPS) is 12.2. The van der Waals surface area contributed by atoms with Crippen molar-refractivity contribution in [3.05, 3.63) is 77.1 Å². The molecule has 0 unspecified atom stereocenters. The maximum atomic E-state index is 13.8. The summed E-state index contributed by atoms with van der Waals surface area (Å²) in [6.07, 6.45) is -4.00. The lowest BCUT2D eigenvalue weighted by Crippen LogP contribution is -2.28. The summed E-state index contributed by atoms with van der Waals surface area (Å²) < 4.78 is 68.1. The van der Waals surface area contributed by atoms with E-state index in [1.807, 2.05) is 0 Å². The average Bonchev–Trinajstić information content (AvgIpc) is 3.18. The SMILES string of the molecule is Cc1ccc(-n2ncc(C(=O)NCc3ccccc3S(=O)(=O)N(C)C)c2C(F)(F)F)cc1. The molecule has 0 aliphatic heterocycles. The number of halogens is 3. The van der Waals surface area contributed by atoms with Crippen molar-refractivity contribution in [3.63, 3.8) is 0 Å². The topological polar surface area (TPSA) is 84.3 Å². The Morgan fingerprint density at radius 1 is 1.09 bits per heavy atom. The van der Waals surface area contributed by atoms with Gasteiger partial charge in [-0.3, -0.25) is 4.79 Å². The van der Waals surface area contributed by atoms with E-state index in [1.165, 1.54) is 44.4 Å². The predicted octanol–water partition coefficient (Wildman–Crippen LogP) is 3.38. The van der Waals surface area contributed by atoms with Gasteiger partial charge in [0, 0.05) is 20.6 Å². The zero-order chi connectivity index (χ0) is 23.7. The van der Waals surface area contributed by atoms with E-state index in [0.29, 0.717) is 4.68 Å². The lowest BCUT2D eigenvalue weighted by atomic mass is 10.2. The van der Waals surface area contributed by atoms with Gasteiger partial charge in [-0.15, -0.1) is 0 Å². The number of hydrogen-bond acceptors (Lipinski definition) is 4. The second-order valence-corrected chi connectivity index (χ2v) is 9.35. The van der Waals surface area contributed by atoms with Crippen molar-refractivity contribution in [2.45, 2.75) is 24.5 Å². The summed E-state index contributed by atoms with van der Waals surface area (Å²) in [5.74, 6) is -1.02. The maximum Gasteiger partial charge on any atom is 0.434 e. The van der Waals surface area contributed by atoms with Gasteiger partial charge in [0.15, 0.2) is 5.69 Å². The first-order valence-corrected chi connectivity index (χ1v) is 10.9. The second kappa shape index (κ2) is 8.75. The number of hydrogen-bond donors (Lipinski definition) is 1. The largest absolute Gasteiger partial charge is 0.434 e. The van der Waals surface area contributed by atoms with E-state index in [-0.39, 0.29) is 22.7 Å². The zero-order valence-corrected chi connectivity index (χ0v) is 18.3. The quantitative estimate of drug-likeness (QED) is 0.604. The molecule has 3 aromatic rings. The molecule has 0 spiro atoms. The number of alkyl halides is 3. The van der Waals surface area contributed by atoms with Gasteiger partial charge in [-0.2, -0.15) is 18.3 Å². The number of aryl methyl sites for hydroxylation is 1. The van der Waals surface area contributed by atoms with Crippen LogP contribution in [0, 0.1) is 6.92 Å². The highest BCUT2D eigenvalue weighted by Crippen LogP contribution is 2.33. The number of rotatable bonds is 6. The first kappa shape index (κ1) is 23.5. The molecule has 3 rings (SSSR count). The molecule has 32 heavy (non-hydrogen) atoms. The van der Waals surface area contributed by atoms with Gasteiger partial charge in [0.25, 0.3) is 5.91 Å². The van der Waals surface area contributed by atoms with Gasteiger partial charge in [-0.25, -0.2) is 17.4 Å². The Hall–Kier alpha value is -3.18. The molecule has 11 heteroatoms. The van der Waals surface area contributed by atoms with Crippen LogP contribution in [0.3, 0.4) is 0 Å². The van der Waals surface area contributed by atoms with Crippen LogP contribution in [-0.4, -0.2) is 42.5 Å². The Balaban J connectivity index is 1.93. The second-order valence-electron chi connectivity index (χ2n) is 7.23. The van der Waals surface area contributed by atoms with E-state index in [1.54, 1.807) is 25.1 Å². The van der Waals surface area contributed by atoms with Crippen LogP contribution in [0.5, 0.6) is 0 Å². The Kier molecular flexibility index (Phi) is 6.42. The van der Waals surface area contributed by atoms with Crippen LogP contribution in [0.4, 0.5) is 13.2 Å². The van der Waals surface area contributed by atoms with Crippen molar-refractivity contribution >= 4 is 15.9 Å². The van der Waals surface area contributed by atoms with E-state index in [0.717, 1.165) is 16.1 Å². The summed E-state index contributed by atoms with van der Waals surface area (Å²) in [4.78, 5) is 12.6. The fourth-order valence-corrected chi connectivity index (χ4v) is 4.15. The van der Waals surface area contributed by atoms with Crippen LogP contribution in [0.2, 0.25) is 0 Å². The smallest absolute Gasteiger partial charge is 0.348 e. The Labute approximate surface area is 183 Å². The predicted molar refractivity (Wildman–Crippen MR) is 112 cm³/mol. The number of aromatic nitrogens is 2. The lowest BCUT2D eigenvalue weighted by Gasteiger charge is -2.16. The fraction of sp³-hybridized carbons (Fsp3) is 0.238. The number of sulfonamides is 1. The average molecular weight is 466 g/mol. The van der Waals surface area contributed by atoms with Crippen LogP contribution < -0.4 is 5.32 Å². The van der Waals surface area contributed by atoms with Crippen LogP contribution >= 0.6 is 0 Å². The van der Waals surface area contributed by atoms with Crippen LogP contribution in [0.1, 0.15) is 27.2 Å². The summed E-state index contributed by atoms with van der Waals surface area (Å²) in [6, 6.07) is 12.2. The van der Waals surface area contributed by atoms with Gasteiger partial charge < -0.3 is 5.32 Å². The third-order valence-electron chi connectivity index (χ3n) is 4.73. The fourth-order valence-electron chi connectivity index (χ4n) is 3.04. The number of carbonyl (C=O) groups excluding carboxylic acids is 1. The molecule has 2 aromatic carbocycles. The van der Waals surface area contributed by atoms with E-state index in [2.05, 4.69) is 10.4 Å². The molecule has 0 saturated carbocycles. The first-order chi connectivity index (χ1) is 14.9. The maximum absolute atomic E-state index is 13.8. The van der Waals surface area contributed by atoms with Gasteiger partial charge in [-0.05, 0) is 30.7 Å².